The van der Waals surface area contributed by atoms with Crippen molar-refractivity contribution in [3.8, 4) is 5.75 Å². The molecule has 3 N–H and O–H groups in total. The molecule has 0 bridgehead atoms. The minimum atomic E-state index is -0.243. The minimum absolute atomic E-state index is 0.0860. The number of nitrogens with two attached hydrogens (primary N) is 1. The molecule has 4 nitrogen and oxygen atoms in total. The molecular formula is C16H15Br3N2O2. The van der Waals surface area contributed by atoms with Gasteiger partial charge in [0.1, 0.15) is 5.75 Å². The Bertz CT molecular complexity index is 717. The van der Waals surface area contributed by atoms with E-state index >= 15 is 0 Å². The zero-order valence-electron chi connectivity index (χ0n) is 12.5. The van der Waals surface area contributed by atoms with Gasteiger partial charge >= 0.3 is 0 Å². The second-order valence-corrected chi connectivity index (χ2v) is 7.69. The van der Waals surface area contributed by atoms with E-state index in [0.29, 0.717) is 17.1 Å². The van der Waals surface area contributed by atoms with Crippen LogP contribution in [0, 0.1) is 13.8 Å². The number of nitrogen functional groups attached to an aromatic ring is 1. The van der Waals surface area contributed by atoms with E-state index in [-0.39, 0.29) is 12.5 Å². The predicted molar refractivity (Wildman–Crippen MR) is 104 cm³/mol. The maximum Gasteiger partial charge on any atom is 0.262 e. The largest absolute Gasteiger partial charge is 0.482 e. The Morgan fingerprint density at radius 2 is 1.78 bits per heavy atom. The lowest BCUT2D eigenvalue weighted by molar-refractivity contribution is -0.118. The van der Waals surface area contributed by atoms with Gasteiger partial charge in [-0.1, -0.05) is 15.9 Å². The number of aryl methyl sites for hydroxylation is 2. The Morgan fingerprint density at radius 3 is 2.39 bits per heavy atom. The minimum Gasteiger partial charge on any atom is -0.482 e. The quantitative estimate of drug-likeness (QED) is 0.561. The monoisotopic (exact) mass is 504 g/mol. The summed E-state index contributed by atoms with van der Waals surface area (Å²) in [6.45, 7) is 3.72. The van der Waals surface area contributed by atoms with Gasteiger partial charge in [-0.05, 0) is 81.1 Å². The Kier molecular flexibility index (Phi) is 6.11. The third kappa shape index (κ3) is 4.71. The molecule has 0 unspecified atom stereocenters. The number of nitrogens with one attached hydrogen (secondary N) is 1. The summed E-state index contributed by atoms with van der Waals surface area (Å²) in [6, 6.07) is 7.36. The first-order valence-electron chi connectivity index (χ1n) is 6.72. The van der Waals surface area contributed by atoms with Crippen molar-refractivity contribution < 1.29 is 9.53 Å². The molecule has 0 aliphatic carbocycles. The molecule has 0 aliphatic heterocycles. The third-order valence-corrected chi connectivity index (χ3v) is 4.79. The lowest BCUT2D eigenvalue weighted by Crippen LogP contribution is -2.21. The van der Waals surface area contributed by atoms with Crippen LogP contribution in [0.4, 0.5) is 11.4 Å². The zero-order chi connectivity index (χ0) is 17.1. The molecule has 0 saturated carbocycles. The summed E-state index contributed by atoms with van der Waals surface area (Å²) in [5, 5.41) is 2.84. The van der Waals surface area contributed by atoms with Gasteiger partial charge in [-0.3, -0.25) is 4.79 Å². The van der Waals surface area contributed by atoms with Crippen LogP contribution in [0.25, 0.3) is 0 Å². The fraction of sp³-hybridized carbons (Fsp3) is 0.188. The molecule has 23 heavy (non-hydrogen) atoms. The highest BCUT2D eigenvalue weighted by atomic mass is 79.9. The van der Waals surface area contributed by atoms with Crippen LogP contribution in [-0.4, -0.2) is 12.5 Å². The molecule has 0 heterocycles. The molecule has 0 saturated heterocycles. The van der Waals surface area contributed by atoms with E-state index in [1.165, 1.54) is 0 Å². The Hall–Kier alpha value is -1.05. The van der Waals surface area contributed by atoms with E-state index < -0.39 is 0 Å². The first-order chi connectivity index (χ1) is 10.8. The lowest BCUT2D eigenvalue weighted by atomic mass is 10.2. The van der Waals surface area contributed by atoms with Crippen molar-refractivity contribution in [2.45, 2.75) is 13.8 Å². The normalized spacial score (nSPS) is 10.5. The van der Waals surface area contributed by atoms with Crippen LogP contribution < -0.4 is 15.8 Å². The van der Waals surface area contributed by atoms with Crippen LogP contribution >= 0.6 is 47.8 Å². The van der Waals surface area contributed by atoms with Gasteiger partial charge in [-0.2, -0.15) is 0 Å². The van der Waals surface area contributed by atoms with Gasteiger partial charge in [-0.15, -0.1) is 0 Å². The summed E-state index contributed by atoms with van der Waals surface area (Å²) in [5.41, 5.74) is 8.91. The first-order valence-corrected chi connectivity index (χ1v) is 9.09. The van der Waals surface area contributed by atoms with Crippen LogP contribution in [0.15, 0.2) is 37.7 Å². The van der Waals surface area contributed by atoms with E-state index in [4.69, 9.17) is 10.5 Å². The summed E-state index contributed by atoms with van der Waals surface area (Å²) in [7, 11) is 0. The van der Waals surface area contributed by atoms with E-state index in [0.717, 1.165) is 24.5 Å². The fourth-order valence-corrected chi connectivity index (χ4v) is 4.34. The van der Waals surface area contributed by atoms with Crippen molar-refractivity contribution >= 4 is 65.1 Å². The van der Waals surface area contributed by atoms with Gasteiger partial charge in [-0.25, -0.2) is 0 Å². The van der Waals surface area contributed by atoms with Crippen molar-refractivity contribution in [3.63, 3.8) is 0 Å². The van der Waals surface area contributed by atoms with E-state index in [9.17, 15) is 4.79 Å². The Balaban J connectivity index is 2.07. The smallest absolute Gasteiger partial charge is 0.262 e. The molecule has 0 fully saturated rings. The molecule has 0 radical (unpaired) electrons. The first kappa shape index (κ1) is 18.3. The number of anilines is 2. The van der Waals surface area contributed by atoms with Gasteiger partial charge in [0, 0.05) is 14.6 Å². The number of halogens is 3. The summed E-state index contributed by atoms with van der Waals surface area (Å²) < 4.78 is 8.12. The van der Waals surface area contributed by atoms with Crippen molar-refractivity contribution in [2.24, 2.45) is 0 Å². The standard InChI is InChI=1S/C16H15Br3N2O2/c1-8-4-11(20)6-12(18)15(8)21-14(22)7-23-16-9(2)3-10(17)5-13(16)19/h3-6H,7,20H2,1-2H3,(H,21,22). The average Bonchev–Trinajstić information content (AvgIpc) is 2.41. The molecule has 2 rings (SSSR count). The summed E-state index contributed by atoms with van der Waals surface area (Å²) in [4.78, 5) is 12.2. The highest BCUT2D eigenvalue weighted by Crippen LogP contribution is 2.32. The number of hydrogen-bond donors (Lipinski definition) is 2. The molecule has 2 aromatic rings. The molecule has 122 valence electrons. The predicted octanol–water partition coefficient (Wildman–Crippen LogP) is 5.19. The van der Waals surface area contributed by atoms with Crippen LogP contribution in [0.3, 0.4) is 0 Å². The SMILES string of the molecule is Cc1cc(N)cc(Br)c1NC(=O)COc1c(C)cc(Br)cc1Br. The number of hydrogen-bond acceptors (Lipinski definition) is 3. The van der Waals surface area contributed by atoms with Crippen LogP contribution in [0.2, 0.25) is 0 Å². The van der Waals surface area contributed by atoms with Crippen molar-refractivity contribution in [1.82, 2.24) is 0 Å². The topological polar surface area (TPSA) is 64.3 Å². The summed E-state index contributed by atoms with van der Waals surface area (Å²) in [6.07, 6.45) is 0. The van der Waals surface area contributed by atoms with E-state index in [2.05, 4.69) is 53.1 Å². The molecule has 7 heteroatoms. The fourth-order valence-electron chi connectivity index (χ4n) is 2.11. The average molecular weight is 507 g/mol. The van der Waals surface area contributed by atoms with Gasteiger partial charge in [0.25, 0.3) is 5.91 Å². The maximum absolute atomic E-state index is 12.2. The number of ether oxygens (including phenoxy) is 1. The zero-order valence-corrected chi connectivity index (χ0v) is 17.3. The van der Waals surface area contributed by atoms with Crippen LogP contribution in [0.1, 0.15) is 11.1 Å². The molecule has 0 spiro atoms. The number of carbonyl (C=O) groups excluding carboxylic acids is 1. The van der Waals surface area contributed by atoms with Crippen molar-refractivity contribution in [1.29, 1.82) is 0 Å². The molecule has 2 aromatic carbocycles. The maximum atomic E-state index is 12.2. The van der Waals surface area contributed by atoms with Crippen molar-refractivity contribution in [2.75, 3.05) is 17.7 Å². The molecule has 1 amide bonds. The number of rotatable bonds is 4. The van der Waals surface area contributed by atoms with Gasteiger partial charge < -0.3 is 15.8 Å². The highest BCUT2D eigenvalue weighted by Gasteiger charge is 2.12. The molecule has 0 aliphatic rings. The lowest BCUT2D eigenvalue weighted by Gasteiger charge is -2.14. The van der Waals surface area contributed by atoms with E-state index in [1.807, 2.05) is 26.0 Å². The number of carbonyl (C=O) groups is 1. The Labute approximate surface area is 160 Å². The van der Waals surface area contributed by atoms with Gasteiger partial charge in [0.05, 0.1) is 10.2 Å². The third-order valence-electron chi connectivity index (χ3n) is 3.12. The van der Waals surface area contributed by atoms with Crippen molar-refractivity contribution in [3.05, 3.63) is 48.8 Å². The molecule has 0 atom stereocenters. The summed E-state index contributed by atoms with van der Waals surface area (Å²) in [5.74, 6) is 0.407. The van der Waals surface area contributed by atoms with Crippen LogP contribution in [0.5, 0.6) is 5.75 Å². The molecular weight excluding hydrogens is 492 g/mol. The van der Waals surface area contributed by atoms with Gasteiger partial charge in [0.15, 0.2) is 6.61 Å². The Morgan fingerprint density at radius 1 is 1.09 bits per heavy atom. The second kappa shape index (κ2) is 7.68. The van der Waals surface area contributed by atoms with E-state index in [1.54, 1.807) is 12.1 Å². The number of amides is 1. The van der Waals surface area contributed by atoms with Crippen LogP contribution in [-0.2, 0) is 4.79 Å². The molecule has 0 aromatic heterocycles. The summed E-state index contributed by atoms with van der Waals surface area (Å²) >= 11 is 10.3. The number of benzene rings is 2. The second-order valence-electron chi connectivity index (χ2n) is 5.07. The highest BCUT2D eigenvalue weighted by molar-refractivity contribution is 9.11. The van der Waals surface area contributed by atoms with Gasteiger partial charge in [0.2, 0.25) is 0 Å².